The highest BCUT2D eigenvalue weighted by Gasteiger charge is 2.04. The summed E-state index contributed by atoms with van der Waals surface area (Å²) in [5.74, 6) is -0.271. The van der Waals surface area contributed by atoms with Crippen LogP contribution in [0, 0.1) is 0 Å². The number of ether oxygens (including phenoxy) is 1. The Morgan fingerprint density at radius 1 is 1.20 bits per heavy atom. The molecule has 0 aromatic carbocycles. The van der Waals surface area contributed by atoms with Gasteiger partial charge < -0.3 is 9.84 Å². The zero-order chi connectivity index (χ0) is 15.4. The summed E-state index contributed by atoms with van der Waals surface area (Å²) in [6.45, 7) is 10.4. The molecule has 0 aromatic rings. The smallest absolute Gasteiger partial charge is 0.330 e. The van der Waals surface area contributed by atoms with Crippen molar-refractivity contribution in [2.24, 2.45) is 0 Å². The number of allylic oxidation sites excluding steroid dienone is 3. The fraction of sp³-hybridized carbons (Fsp3) is 0.588. The minimum Gasteiger partial charge on any atom is -0.463 e. The van der Waals surface area contributed by atoms with Crippen LogP contribution in [0.3, 0.4) is 0 Å². The monoisotopic (exact) mass is 280 g/mol. The molecule has 3 heteroatoms. The van der Waals surface area contributed by atoms with Crippen LogP contribution in [0.15, 0.2) is 35.5 Å². The minimum absolute atomic E-state index is 0.132. The molecule has 0 spiro atoms. The van der Waals surface area contributed by atoms with Gasteiger partial charge in [0, 0.05) is 12.7 Å². The summed E-state index contributed by atoms with van der Waals surface area (Å²) in [5.41, 5.74) is 3.38. The van der Waals surface area contributed by atoms with Gasteiger partial charge in [-0.05, 0) is 52.9 Å². The summed E-state index contributed by atoms with van der Waals surface area (Å²) in [6, 6.07) is 0. The Morgan fingerprint density at radius 2 is 1.90 bits per heavy atom. The van der Waals surface area contributed by atoms with Crippen molar-refractivity contribution in [3.8, 4) is 0 Å². The lowest BCUT2D eigenvalue weighted by Crippen LogP contribution is -2.02. The zero-order valence-electron chi connectivity index (χ0n) is 13.1. The van der Waals surface area contributed by atoms with E-state index in [1.807, 2.05) is 0 Å². The van der Waals surface area contributed by atoms with Crippen molar-refractivity contribution < 1.29 is 14.6 Å². The highest BCUT2D eigenvalue weighted by Crippen LogP contribution is 2.18. The molecule has 0 rings (SSSR count). The van der Waals surface area contributed by atoms with Crippen LogP contribution in [0.2, 0.25) is 0 Å². The van der Waals surface area contributed by atoms with Gasteiger partial charge in [0.25, 0.3) is 0 Å². The molecule has 0 aliphatic carbocycles. The van der Waals surface area contributed by atoms with Crippen molar-refractivity contribution in [3.05, 3.63) is 35.5 Å². The van der Waals surface area contributed by atoms with Gasteiger partial charge in [-0.3, -0.25) is 0 Å². The van der Waals surface area contributed by atoms with Crippen molar-refractivity contribution in [1.82, 2.24) is 0 Å². The largest absolute Gasteiger partial charge is 0.463 e. The Kier molecular flexibility index (Phi) is 10.7. The van der Waals surface area contributed by atoms with Gasteiger partial charge in [0.15, 0.2) is 0 Å². The Labute approximate surface area is 123 Å². The third-order valence-corrected chi connectivity index (χ3v) is 2.89. The quantitative estimate of drug-likeness (QED) is 0.374. The molecule has 0 radical (unpaired) electrons. The van der Waals surface area contributed by atoms with Crippen LogP contribution in [0.25, 0.3) is 0 Å². The number of esters is 1. The number of hydrogen-bond acceptors (Lipinski definition) is 3. The van der Waals surface area contributed by atoms with Crippen LogP contribution >= 0.6 is 0 Å². The molecule has 0 aliphatic rings. The maximum atomic E-state index is 11.5. The number of hydrogen-bond donors (Lipinski definition) is 1. The van der Waals surface area contributed by atoms with E-state index in [9.17, 15) is 4.79 Å². The van der Waals surface area contributed by atoms with E-state index in [0.29, 0.717) is 13.0 Å². The van der Waals surface area contributed by atoms with E-state index in [1.165, 1.54) is 5.57 Å². The number of aliphatic hydroxyl groups excluding tert-OH is 1. The molecule has 0 fully saturated rings. The van der Waals surface area contributed by atoms with Gasteiger partial charge in [-0.1, -0.05) is 29.4 Å². The fourth-order valence-electron chi connectivity index (χ4n) is 1.79. The molecule has 114 valence electrons. The minimum atomic E-state index is -0.271. The van der Waals surface area contributed by atoms with Gasteiger partial charge in [0.2, 0.25) is 0 Å². The third kappa shape index (κ3) is 10.6. The second kappa shape index (κ2) is 11.5. The molecule has 20 heavy (non-hydrogen) atoms. The van der Waals surface area contributed by atoms with Crippen LogP contribution in [0.1, 0.15) is 52.9 Å². The zero-order valence-corrected chi connectivity index (χ0v) is 13.1. The Morgan fingerprint density at radius 3 is 2.45 bits per heavy atom. The second-order valence-electron chi connectivity index (χ2n) is 5.10. The van der Waals surface area contributed by atoms with E-state index in [2.05, 4.69) is 26.5 Å². The Hall–Kier alpha value is -1.35. The standard InChI is InChI=1S/C17H28O3/c1-5-20-17(19)13-16(8-6-7-14(2)3)10-9-15(4)11-12-18/h7,13,18H,4-6,8-12H2,1-3H3/b16-13-. The summed E-state index contributed by atoms with van der Waals surface area (Å²) >= 11 is 0. The Balaban J connectivity index is 4.49. The third-order valence-electron chi connectivity index (χ3n) is 2.89. The van der Waals surface area contributed by atoms with E-state index in [1.54, 1.807) is 13.0 Å². The van der Waals surface area contributed by atoms with Crippen LogP contribution < -0.4 is 0 Å². The lowest BCUT2D eigenvalue weighted by atomic mass is 9.99. The first-order valence-corrected chi connectivity index (χ1v) is 7.26. The van der Waals surface area contributed by atoms with Gasteiger partial charge in [0.1, 0.15) is 0 Å². The molecule has 0 heterocycles. The molecule has 0 aliphatic heterocycles. The molecule has 1 N–H and O–H groups in total. The molecule has 0 aromatic heterocycles. The number of carbonyl (C=O) groups is 1. The molecule has 0 amide bonds. The first-order chi connectivity index (χ1) is 9.49. The van der Waals surface area contributed by atoms with Crippen molar-refractivity contribution >= 4 is 5.97 Å². The van der Waals surface area contributed by atoms with Crippen LogP contribution in [0.5, 0.6) is 0 Å². The van der Waals surface area contributed by atoms with E-state index >= 15 is 0 Å². The second-order valence-corrected chi connectivity index (χ2v) is 5.10. The van der Waals surface area contributed by atoms with Gasteiger partial charge in [-0.2, -0.15) is 0 Å². The number of carbonyl (C=O) groups excluding carboxylic acids is 1. The van der Waals surface area contributed by atoms with E-state index in [0.717, 1.165) is 36.8 Å². The van der Waals surface area contributed by atoms with Crippen LogP contribution in [0.4, 0.5) is 0 Å². The summed E-state index contributed by atoms with van der Waals surface area (Å²) in [6.07, 6.45) is 7.79. The average Bonchev–Trinajstić information content (AvgIpc) is 2.36. The van der Waals surface area contributed by atoms with Crippen molar-refractivity contribution in [3.63, 3.8) is 0 Å². The van der Waals surface area contributed by atoms with Gasteiger partial charge >= 0.3 is 5.97 Å². The highest BCUT2D eigenvalue weighted by atomic mass is 16.5. The molecule has 3 nitrogen and oxygen atoms in total. The summed E-state index contributed by atoms with van der Waals surface area (Å²) in [4.78, 5) is 11.5. The molecule has 0 saturated heterocycles. The molecular formula is C17H28O3. The van der Waals surface area contributed by atoms with Gasteiger partial charge in [0.05, 0.1) is 6.61 Å². The predicted molar refractivity (Wildman–Crippen MR) is 83.5 cm³/mol. The number of rotatable bonds is 10. The molecule has 0 atom stereocenters. The van der Waals surface area contributed by atoms with E-state index in [-0.39, 0.29) is 12.6 Å². The summed E-state index contributed by atoms with van der Waals surface area (Å²) < 4.78 is 4.96. The summed E-state index contributed by atoms with van der Waals surface area (Å²) in [7, 11) is 0. The first-order valence-electron chi connectivity index (χ1n) is 7.26. The SMILES string of the molecule is C=C(CCO)CC/C(=C\C(=O)OCC)CCC=C(C)C. The average molecular weight is 280 g/mol. The summed E-state index contributed by atoms with van der Waals surface area (Å²) in [5, 5.41) is 8.86. The lowest BCUT2D eigenvalue weighted by Gasteiger charge is -2.08. The maximum absolute atomic E-state index is 11.5. The molecule has 0 unspecified atom stereocenters. The van der Waals surface area contributed by atoms with Gasteiger partial charge in [-0.15, -0.1) is 0 Å². The molecular weight excluding hydrogens is 252 g/mol. The van der Waals surface area contributed by atoms with Crippen LogP contribution in [-0.4, -0.2) is 24.3 Å². The van der Waals surface area contributed by atoms with Crippen LogP contribution in [-0.2, 0) is 9.53 Å². The molecule has 0 saturated carbocycles. The molecule has 0 bridgehead atoms. The Bertz CT molecular complexity index is 360. The van der Waals surface area contributed by atoms with E-state index < -0.39 is 0 Å². The normalized spacial score (nSPS) is 11.1. The van der Waals surface area contributed by atoms with Crippen molar-refractivity contribution in [1.29, 1.82) is 0 Å². The van der Waals surface area contributed by atoms with Crippen molar-refractivity contribution in [2.45, 2.75) is 52.9 Å². The van der Waals surface area contributed by atoms with Gasteiger partial charge in [-0.25, -0.2) is 4.79 Å². The number of aliphatic hydroxyl groups is 1. The van der Waals surface area contributed by atoms with Crippen molar-refractivity contribution in [2.75, 3.05) is 13.2 Å². The fourth-order valence-corrected chi connectivity index (χ4v) is 1.79. The van der Waals surface area contributed by atoms with E-state index in [4.69, 9.17) is 9.84 Å². The lowest BCUT2D eigenvalue weighted by molar-refractivity contribution is -0.137. The highest BCUT2D eigenvalue weighted by molar-refractivity contribution is 5.82. The topological polar surface area (TPSA) is 46.5 Å². The maximum Gasteiger partial charge on any atom is 0.330 e. The predicted octanol–water partition coefficient (Wildman–Crippen LogP) is 3.94. The first kappa shape index (κ1) is 18.7.